The normalized spacial score (nSPS) is 13.0. The lowest BCUT2D eigenvalue weighted by Crippen LogP contribution is -2.43. The van der Waals surface area contributed by atoms with Crippen molar-refractivity contribution in [2.45, 2.75) is 18.9 Å². The average Bonchev–Trinajstić information content (AvgIpc) is 3.34. The third kappa shape index (κ3) is 4.78. The van der Waals surface area contributed by atoms with E-state index in [2.05, 4.69) is 27.8 Å². The van der Waals surface area contributed by atoms with Gasteiger partial charge in [-0.3, -0.25) is 10.1 Å². The average molecular weight is 482 g/mol. The van der Waals surface area contributed by atoms with Gasteiger partial charge in [-0.05, 0) is 29.2 Å². The van der Waals surface area contributed by atoms with Crippen molar-refractivity contribution in [3.63, 3.8) is 0 Å². The van der Waals surface area contributed by atoms with Crippen LogP contribution in [0.5, 0.6) is 0 Å². The van der Waals surface area contributed by atoms with Gasteiger partial charge in [-0.15, -0.1) is 0 Å². The quantitative estimate of drug-likeness (QED) is 0.448. The van der Waals surface area contributed by atoms with Gasteiger partial charge in [0.15, 0.2) is 11.2 Å². The van der Waals surface area contributed by atoms with E-state index in [4.69, 9.17) is 9.47 Å². The Labute approximate surface area is 199 Å². The van der Waals surface area contributed by atoms with Gasteiger partial charge in [0.25, 0.3) is 5.91 Å². The molecule has 3 aromatic rings. The molecule has 0 saturated carbocycles. The first kappa shape index (κ1) is 23.4. The molecule has 0 saturated heterocycles. The van der Waals surface area contributed by atoms with Crippen LogP contribution in [-0.2, 0) is 14.3 Å². The molecule has 34 heavy (non-hydrogen) atoms. The van der Waals surface area contributed by atoms with Gasteiger partial charge < -0.3 is 19.9 Å². The van der Waals surface area contributed by atoms with E-state index in [1.54, 1.807) is 6.92 Å². The summed E-state index contributed by atoms with van der Waals surface area (Å²) in [5.41, 5.74) is 4.82. The smallest absolute Gasteiger partial charge is 0.413 e. The number of methoxy groups -OCH3 is 1. The van der Waals surface area contributed by atoms with Gasteiger partial charge in [0.1, 0.15) is 11.5 Å². The lowest BCUT2D eigenvalue weighted by atomic mass is 9.98. The summed E-state index contributed by atoms with van der Waals surface area (Å²) in [4.78, 5) is 40.6. The fourth-order valence-corrected chi connectivity index (χ4v) is 4.80. The molecule has 4 rings (SSSR count). The molecule has 2 amide bonds. The molecule has 0 radical (unpaired) electrons. The number of hydrogen-bond donors (Lipinski definition) is 3. The second-order valence-electron chi connectivity index (χ2n) is 7.70. The van der Waals surface area contributed by atoms with E-state index >= 15 is 0 Å². The number of fused-ring (bicyclic) bond motifs is 3. The van der Waals surface area contributed by atoms with E-state index in [9.17, 15) is 19.5 Å². The summed E-state index contributed by atoms with van der Waals surface area (Å²) >= 11 is 0.934. The molecule has 1 aliphatic carbocycles. The Balaban J connectivity index is 1.40. The summed E-state index contributed by atoms with van der Waals surface area (Å²) < 4.78 is 10.3. The second-order valence-corrected chi connectivity index (χ2v) is 8.70. The van der Waals surface area contributed by atoms with Crippen molar-refractivity contribution in [1.82, 2.24) is 10.3 Å². The predicted octanol–water partition coefficient (Wildman–Crippen LogP) is 3.64. The number of carbonyl (C=O) groups excluding carboxylic acids is 2. The van der Waals surface area contributed by atoms with Crippen LogP contribution in [0.25, 0.3) is 11.1 Å². The van der Waals surface area contributed by atoms with E-state index in [-0.39, 0.29) is 29.1 Å². The van der Waals surface area contributed by atoms with Crippen LogP contribution in [-0.4, -0.2) is 54.4 Å². The standard InChI is InChI=1S/C24H23N3O6S/c1-13-20(21(28)26-19(12-32-2)22(29)30)34-23(25-13)27-24(31)33-11-18-16-9-5-3-7-14(16)15-8-4-6-10-17(15)18/h3-10,18-19H,11-12H2,1-2H3,(H,26,28)(H,29,30)(H,25,27,31). The number of nitrogens with one attached hydrogen (secondary N) is 2. The number of amides is 2. The van der Waals surface area contributed by atoms with E-state index in [1.807, 2.05) is 36.4 Å². The first-order valence-corrected chi connectivity index (χ1v) is 11.3. The number of carboxylic acids is 1. The molecule has 1 aliphatic rings. The Hall–Kier alpha value is -3.76. The number of aryl methyl sites for hydroxylation is 1. The Morgan fingerprint density at radius 3 is 2.29 bits per heavy atom. The summed E-state index contributed by atoms with van der Waals surface area (Å²) in [6, 6.07) is 14.9. The highest BCUT2D eigenvalue weighted by Gasteiger charge is 2.29. The predicted molar refractivity (Wildman–Crippen MR) is 126 cm³/mol. The highest BCUT2D eigenvalue weighted by atomic mass is 32.1. The molecule has 1 heterocycles. The topological polar surface area (TPSA) is 127 Å². The van der Waals surface area contributed by atoms with E-state index in [1.165, 1.54) is 7.11 Å². The Morgan fingerprint density at radius 2 is 1.71 bits per heavy atom. The zero-order valence-corrected chi connectivity index (χ0v) is 19.3. The maximum Gasteiger partial charge on any atom is 0.413 e. The number of nitrogens with zero attached hydrogens (tertiary/aromatic N) is 1. The summed E-state index contributed by atoms with van der Waals surface area (Å²) in [6.45, 7) is 1.57. The maximum atomic E-state index is 12.5. The number of anilines is 1. The van der Waals surface area contributed by atoms with E-state index < -0.39 is 24.0 Å². The van der Waals surface area contributed by atoms with Crippen molar-refractivity contribution in [2.75, 3.05) is 25.6 Å². The largest absolute Gasteiger partial charge is 0.480 e. The Bertz CT molecular complexity index is 1200. The van der Waals surface area contributed by atoms with Crippen molar-refractivity contribution >= 4 is 34.4 Å². The maximum absolute atomic E-state index is 12.5. The monoisotopic (exact) mass is 481 g/mol. The molecule has 10 heteroatoms. The number of ether oxygens (including phenoxy) is 2. The number of rotatable bonds is 8. The van der Waals surface area contributed by atoms with E-state index in [0.29, 0.717) is 5.69 Å². The van der Waals surface area contributed by atoms with Crippen LogP contribution in [0, 0.1) is 6.92 Å². The molecule has 1 aromatic heterocycles. The van der Waals surface area contributed by atoms with Gasteiger partial charge in [-0.2, -0.15) is 0 Å². The lowest BCUT2D eigenvalue weighted by Gasteiger charge is -2.14. The SMILES string of the molecule is COCC(NC(=O)c1sc(NC(=O)OCC2c3ccccc3-c3ccccc32)nc1C)C(=O)O. The van der Waals surface area contributed by atoms with Crippen molar-refractivity contribution in [2.24, 2.45) is 0 Å². The van der Waals surface area contributed by atoms with Crippen LogP contribution in [0.15, 0.2) is 48.5 Å². The number of thiazole rings is 1. The zero-order chi connectivity index (χ0) is 24.2. The third-order valence-electron chi connectivity index (χ3n) is 5.49. The number of aliphatic carboxylic acids is 1. The van der Waals surface area contributed by atoms with Crippen molar-refractivity contribution < 1.29 is 29.0 Å². The minimum atomic E-state index is -1.21. The molecule has 3 N–H and O–H groups in total. The lowest BCUT2D eigenvalue weighted by molar-refractivity contribution is -0.140. The van der Waals surface area contributed by atoms with Gasteiger partial charge in [-0.25, -0.2) is 14.6 Å². The highest BCUT2D eigenvalue weighted by Crippen LogP contribution is 2.44. The fourth-order valence-electron chi connectivity index (χ4n) is 3.95. The van der Waals surface area contributed by atoms with Gasteiger partial charge in [0, 0.05) is 13.0 Å². The highest BCUT2D eigenvalue weighted by molar-refractivity contribution is 7.17. The Morgan fingerprint density at radius 1 is 1.09 bits per heavy atom. The summed E-state index contributed by atoms with van der Waals surface area (Å²) in [5.74, 6) is -1.90. The first-order valence-electron chi connectivity index (χ1n) is 10.5. The van der Waals surface area contributed by atoms with Crippen molar-refractivity contribution in [3.05, 3.63) is 70.2 Å². The van der Waals surface area contributed by atoms with E-state index in [0.717, 1.165) is 33.6 Å². The molecule has 0 fully saturated rings. The number of carbonyl (C=O) groups is 3. The summed E-state index contributed by atoms with van der Waals surface area (Å²) in [6.07, 6.45) is -0.689. The minimum Gasteiger partial charge on any atom is -0.480 e. The molecule has 0 bridgehead atoms. The Kier molecular flexibility index (Phi) is 6.90. The number of carboxylic acid groups (broad SMARTS) is 1. The third-order valence-corrected chi connectivity index (χ3v) is 6.56. The molecule has 1 unspecified atom stereocenters. The number of benzene rings is 2. The molecule has 9 nitrogen and oxygen atoms in total. The van der Waals surface area contributed by atoms with Crippen LogP contribution >= 0.6 is 11.3 Å². The van der Waals surface area contributed by atoms with Crippen LogP contribution in [0.4, 0.5) is 9.93 Å². The molecule has 2 aromatic carbocycles. The van der Waals surface area contributed by atoms with Crippen molar-refractivity contribution in [3.8, 4) is 11.1 Å². The molecular formula is C24H23N3O6S. The molecular weight excluding hydrogens is 458 g/mol. The fraction of sp³-hybridized carbons (Fsp3) is 0.250. The molecule has 0 aliphatic heterocycles. The minimum absolute atomic E-state index is 0.0775. The van der Waals surface area contributed by atoms with Gasteiger partial charge in [-0.1, -0.05) is 59.9 Å². The summed E-state index contributed by atoms with van der Waals surface area (Å²) in [5, 5.41) is 14.3. The van der Waals surface area contributed by atoms with Gasteiger partial charge in [0.05, 0.1) is 12.3 Å². The zero-order valence-electron chi connectivity index (χ0n) is 18.5. The van der Waals surface area contributed by atoms with Gasteiger partial charge in [0.2, 0.25) is 0 Å². The van der Waals surface area contributed by atoms with Gasteiger partial charge >= 0.3 is 12.1 Å². The van der Waals surface area contributed by atoms with Crippen LogP contribution in [0.1, 0.15) is 32.4 Å². The van der Waals surface area contributed by atoms with Crippen molar-refractivity contribution in [1.29, 1.82) is 0 Å². The molecule has 0 spiro atoms. The number of aromatic nitrogens is 1. The van der Waals surface area contributed by atoms with Crippen LogP contribution in [0.3, 0.4) is 0 Å². The molecule has 1 atom stereocenters. The first-order chi connectivity index (χ1) is 16.4. The second kappa shape index (κ2) is 10.0. The van der Waals surface area contributed by atoms with Crippen LogP contribution < -0.4 is 10.6 Å². The van der Waals surface area contributed by atoms with Crippen LogP contribution in [0.2, 0.25) is 0 Å². The molecule has 176 valence electrons. The number of hydrogen-bond acceptors (Lipinski definition) is 7. The summed E-state index contributed by atoms with van der Waals surface area (Å²) in [7, 11) is 1.34.